The maximum atomic E-state index is 13.1. The van der Waals surface area contributed by atoms with Crippen molar-refractivity contribution in [2.24, 2.45) is 11.1 Å². The number of hydrogen-bond donors (Lipinski definition) is 1. The van der Waals surface area contributed by atoms with Crippen LogP contribution in [-0.2, 0) is 22.4 Å². The van der Waals surface area contributed by atoms with Crippen LogP contribution in [0, 0.1) is 11.2 Å². The minimum atomic E-state index is -0.933. The second-order valence-corrected chi connectivity index (χ2v) is 9.06. The number of nitrogens with zero attached hydrogens (tertiary/aromatic N) is 1. The quantitative estimate of drug-likeness (QED) is 0.340. The first-order valence-corrected chi connectivity index (χ1v) is 11.6. The Morgan fingerprint density at radius 3 is 2.06 bits per heavy atom. The summed E-state index contributed by atoms with van der Waals surface area (Å²) >= 11 is 0. The maximum absolute atomic E-state index is 13.1. The van der Waals surface area contributed by atoms with Gasteiger partial charge in [0.15, 0.2) is 11.6 Å². The minimum absolute atomic E-state index is 0.0950. The van der Waals surface area contributed by atoms with E-state index >= 15 is 0 Å². The Labute approximate surface area is 206 Å². The fraction of sp³-hybridized carbons (Fsp3) is 0.172. The molecule has 0 unspecified atom stereocenters. The first kappa shape index (κ1) is 23.4. The topological polar surface area (TPSA) is 99.3 Å². The van der Waals surface area contributed by atoms with Gasteiger partial charge in [0, 0.05) is 30.0 Å². The molecule has 1 fully saturated rings. The van der Waals surface area contributed by atoms with Crippen LogP contribution in [0.2, 0.25) is 0 Å². The number of amides is 1. The number of halogens is 1. The van der Waals surface area contributed by atoms with Crippen LogP contribution in [0.15, 0.2) is 79.0 Å². The van der Waals surface area contributed by atoms with Crippen LogP contribution in [0.5, 0.6) is 11.5 Å². The minimum Gasteiger partial charge on any atom is -0.457 e. The molecule has 0 radical (unpaired) electrons. The molecule has 7 heteroatoms. The van der Waals surface area contributed by atoms with Crippen molar-refractivity contribution < 1.29 is 23.5 Å². The van der Waals surface area contributed by atoms with Crippen molar-refractivity contribution in [2.45, 2.75) is 25.7 Å². The van der Waals surface area contributed by atoms with Crippen molar-refractivity contribution in [1.82, 2.24) is 4.98 Å². The number of carbonyl (C=O) groups excluding carboxylic acids is 3. The number of hydrogen-bond acceptors (Lipinski definition) is 5. The summed E-state index contributed by atoms with van der Waals surface area (Å²) in [6.07, 6.45) is 2.99. The number of nitrogens with two attached hydrogens (primary N) is 1. The number of aromatic nitrogens is 1. The molecule has 1 aliphatic rings. The number of ether oxygens (including phenoxy) is 1. The zero-order valence-electron chi connectivity index (χ0n) is 19.4. The van der Waals surface area contributed by atoms with Crippen molar-refractivity contribution >= 4 is 28.4 Å². The average Bonchev–Trinajstić information content (AvgIpc) is 3.69. The third-order valence-electron chi connectivity index (χ3n) is 6.60. The van der Waals surface area contributed by atoms with E-state index in [0.717, 1.165) is 5.56 Å². The van der Waals surface area contributed by atoms with E-state index in [1.165, 1.54) is 12.1 Å². The molecule has 1 heterocycles. The summed E-state index contributed by atoms with van der Waals surface area (Å²) in [7, 11) is 0. The number of pyridine rings is 1. The van der Waals surface area contributed by atoms with Crippen molar-refractivity contribution in [2.75, 3.05) is 0 Å². The molecule has 0 saturated heterocycles. The second-order valence-electron chi connectivity index (χ2n) is 9.06. The molecule has 1 aliphatic carbocycles. The van der Waals surface area contributed by atoms with Crippen LogP contribution in [0.25, 0.3) is 10.9 Å². The van der Waals surface area contributed by atoms with Crippen molar-refractivity contribution in [3.63, 3.8) is 0 Å². The summed E-state index contributed by atoms with van der Waals surface area (Å²) in [5.41, 5.74) is 6.97. The van der Waals surface area contributed by atoms with E-state index in [0.29, 0.717) is 46.4 Å². The van der Waals surface area contributed by atoms with Gasteiger partial charge in [-0.25, -0.2) is 4.39 Å². The number of ketones is 2. The Morgan fingerprint density at radius 2 is 1.47 bits per heavy atom. The highest BCUT2D eigenvalue weighted by molar-refractivity contribution is 6.11. The van der Waals surface area contributed by atoms with E-state index in [1.54, 1.807) is 66.9 Å². The number of fused-ring (bicyclic) bond motifs is 1. The van der Waals surface area contributed by atoms with Gasteiger partial charge in [-0.1, -0.05) is 24.3 Å². The molecule has 6 nitrogen and oxygen atoms in total. The standard InChI is InChI=1S/C29H23FN2O4/c30-21-6-1-18(2-7-21)15-26(33)29(12-13-29)27(34)16-19-3-8-22(9-4-19)36-25-11-14-32-24-10-5-20(28(31)35)17-23(24)25/h1-11,14,17H,12-13,15-16H2,(H2,31,35). The number of Topliss-reactive ketones (excluding diaryl/α,β-unsaturated/α-hetero) is 2. The molecule has 2 N–H and O–H groups in total. The van der Waals surface area contributed by atoms with Gasteiger partial charge in [0.05, 0.1) is 10.9 Å². The molecule has 180 valence electrons. The van der Waals surface area contributed by atoms with Gasteiger partial charge >= 0.3 is 0 Å². The third kappa shape index (κ3) is 4.73. The second kappa shape index (κ2) is 9.34. The SMILES string of the molecule is NC(=O)c1ccc2nccc(Oc3ccc(CC(=O)C4(C(=O)Cc5ccc(F)cc5)CC4)cc3)c2c1. The predicted molar refractivity (Wildman–Crippen MR) is 132 cm³/mol. The Bertz CT molecular complexity index is 1480. The fourth-order valence-corrected chi connectivity index (χ4v) is 4.32. The van der Waals surface area contributed by atoms with Crippen LogP contribution >= 0.6 is 0 Å². The molecule has 1 amide bonds. The van der Waals surface area contributed by atoms with Gasteiger partial charge in [-0.2, -0.15) is 0 Å². The van der Waals surface area contributed by atoms with Crippen LogP contribution in [0.3, 0.4) is 0 Å². The Hall–Kier alpha value is -4.39. The molecule has 5 rings (SSSR count). The number of benzene rings is 3. The maximum Gasteiger partial charge on any atom is 0.248 e. The summed E-state index contributed by atoms with van der Waals surface area (Å²) in [4.78, 5) is 41.8. The monoisotopic (exact) mass is 482 g/mol. The molecular formula is C29H23FN2O4. The highest BCUT2D eigenvalue weighted by Crippen LogP contribution is 2.48. The summed E-state index contributed by atoms with van der Waals surface area (Å²) in [5.74, 6) is -0.0260. The summed E-state index contributed by atoms with van der Waals surface area (Å²) < 4.78 is 19.2. The molecule has 4 aromatic rings. The Kier molecular flexibility index (Phi) is 6.06. The fourth-order valence-electron chi connectivity index (χ4n) is 4.32. The van der Waals surface area contributed by atoms with Crippen LogP contribution in [0.1, 0.15) is 34.3 Å². The largest absolute Gasteiger partial charge is 0.457 e. The predicted octanol–water partition coefficient (Wildman–Crippen LogP) is 4.97. The zero-order chi connectivity index (χ0) is 25.3. The average molecular weight is 483 g/mol. The molecule has 0 bridgehead atoms. The van der Waals surface area contributed by atoms with Crippen molar-refractivity contribution in [3.05, 3.63) is 102 Å². The molecule has 36 heavy (non-hydrogen) atoms. The summed E-state index contributed by atoms with van der Waals surface area (Å²) in [5, 5.41) is 0.656. The lowest BCUT2D eigenvalue weighted by atomic mass is 9.88. The summed E-state index contributed by atoms with van der Waals surface area (Å²) in [6.45, 7) is 0. The van der Waals surface area contributed by atoms with Gasteiger partial charge in [0.25, 0.3) is 0 Å². The van der Waals surface area contributed by atoms with Gasteiger partial charge < -0.3 is 10.5 Å². The lowest BCUT2D eigenvalue weighted by molar-refractivity contribution is -0.133. The van der Waals surface area contributed by atoms with Gasteiger partial charge in [0.1, 0.15) is 17.3 Å². The van der Waals surface area contributed by atoms with Gasteiger partial charge in [-0.05, 0) is 72.5 Å². The molecule has 1 saturated carbocycles. The molecule has 0 atom stereocenters. The smallest absolute Gasteiger partial charge is 0.248 e. The van der Waals surface area contributed by atoms with Crippen molar-refractivity contribution in [1.29, 1.82) is 0 Å². The van der Waals surface area contributed by atoms with Gasteiger partial charge in [-0.3, -0.25) is 19.4 Å². The first-order valence-electron chi connectivity index (χ1n) is 11.6. The number of rotatable bonds is 9. The Balaban J connectivity index is 1.27. The lowest BCUT2D eigenvalue weighted by Crippen LogP contribution is -2.28. The number of carbonyl (C=O) groups is 3. The summed E-state index contributed by atoms with van der Waals surface area (Å²) in [6, 6.07) is 19.6. The van der Waals surface area contributed by atoms with Gasteiger partial charge in [-0.15, -0.1) is 0 Å². The van der Waals surface area contributed by atoms with E-state index in [-0.39, 0.29) is 30.2 Å². The van der Waals surface area contributed by atoms with E-state index in [1.807, 2.05) is 0 Å². The Morgan fingerprint density at radius 1 is 0.861 bits per heavy atom. The molecule has 1 aromatic heterocycles. The highest BCUT2D eigenvalue weighted by Gasteiger charge is 2.54. The van der Waals surface area contributed by atoms with Gasteiger partial charge in [0.2, 0.25) is 5.91 Å². The third-order valence-corrected chi connectivity index (χ3v) is 6.60. The van der Waals surface area contributed by atoms with E-state index in [2.05, 4.69) is 4.98 Å². The zero-order valence-corrected chi connectivity index (χ0v) is 19.4. The van der Waals surface area contributed by atoms with E-state index in [4.69, 9.17) is 10.5 Å². The van der Waals surface area contributed by atoms with Crippen LogP contribution in [0.4, 0.5) is 4.39 Å². The molecule has 0 aliphatic heterocycles. The highest BCUT2D eigenvalue weighted by atomic mass is 19.1. The van der Waals surface area contributed by atoms with E-state index < -0.39 is 11.3 Å². The molecule has 0 spiro atoms. The number of primary amides is 1. The van der Waals surface area contributed by atoms with Crippen molar-refractivity contribution in [3.8, 4) is 11.5 Å². The van der Waals surface area contributed by atoms with Crippen LogP contribution in [-0.4, -0.2) is 22.5 Å². The lowest BCUT2D eigenvalue weighted by Gasteiger charge is -2.14. The first-order chi connectivity index (χ1) is 17.3. The van der Waals surface area contributed by atoms with E-state index in [9.17, 15) is 18.8 Å². The normalized spacial score (nSPS) is 13.8. The van der Waals surface area contributed by atoms with Crippen LogP contribution < -0.4 is 10.5 Å². The molecular weight excluding hydrogens is 459 g/mol. The molecule has 3 aromatic carbocycles.